The molecule has 0 fully saturated rings. The molecule has 2 aromatic rings. The van der Waals surface area contributed by atoms with Crippen LogP contribution in [0.4, 0.5) is 0 Å². The number of allylic oxidation sites excluding steroid dienone is 4. The molecule has 19 heavy (non-hydrogen) atoms. The third kappa shape index (κ3) is 2.47. The van der Waals surface area contributed by atoms with Crippen LogP contribution < -0.4 is 0 Å². The lowest BCUT2D eigenvalue weighted by molar-refractivity contribution is 0.0938. The maximum atomic E-state index is 12.0. The molecule has 0 spiro atoms. The molecule has 1 aliphatic rings. The van der Waals surface area contributed by atoms with Gasteiger partial charge in [0.05, 0.1) is 12.0 Å². The van der Waals surface area contributed by atoms with E-state index in [9.17, 15) is 4.79 Å². The summed E-state index contributed by atoms with van der Waals surface area (Å²) in [6.07, 6.45) is 13.2. The summed E-state index contributed by atoms with van der Waals surface area (Å²) in [5.41, 5.74) is 1.47. The highest BCUT2D eigenvalue weighted by molar-refractivity contribution is 5.96. The zero-order valence-electron chi connectivity index (χ0n) is 10.2. The van der Waals surface area contributed by atoms with Gasteiger partial charge >= 0.3 is 0 Å². The number of carbonyl (C=O) groups is 1. The number of carbonyl (C=O) groups excluding carboxylic acids is 1. The summed E-state index contributed by atoms with van der Waals surface area (Å²) in [6.45, 7) is 0. The average Bonchev–Trinajstić information content (AvgIpc) is 3.16. The molecule has 0 unspecified atom stereocenters. The van der Waals surface area contributed by atoms with Crippen LogP contribution in [0, 0.1) is 0 Å². The van der Waals surface area contributed by atoms with Gasteiger partial charge in [-0.25, -0.2) is 4.68 Å². The van der Waals surface area contributed by atoms with Gasteiger partial charge in [0.25, 0.3) is 5.91 Å². The fraction of sp³-hybridized carbons (Fsp3) is 0.0667. The molecular weight excluding hydrogens is 240 g/mol. The SMILES string of the molecule is O=C(C1=CC=CC1)n1ccc(/C=C/c2ccco2)n1. The first-order valence-electron chi connectivity index (χ1n) is 6.00. The highest BCUT2D eigenvalue weighted by Crippen LogP contribution is 2.13. The van der Waals surface area contributed by atoms with E-state index in [0.29, 0.717) is 6.42 Å². The minimum absolute atomic E-state index is 0.0809. The van der Waals surface area contributed by atoms with Crippen molar-refractivity contribution >= 4 is 18.1 Å². The minimum Gasteiger partial charge on any atom is -0.465 e. The Bertz CT molecular complexity index is 673. The van der Waals surface area contributed by atoms with E-state index in [1.807, 2.05) is 42.5 Å². The van der Waals surface area contributed by atoms with E-state index in [1.54, 1.807) is 18.5 Å². The van der Waals surface area contributed by atoms with Crippen molar-refractivity contribution in [2.75, 3.05) is 0 Å². The summed E-state index contributed by atoms with van der Waals surface area (Å²) in [6, 6.07) is 5.47. The van der Waals surface area contributed by atoms with Gasteiger partial charge in [0.1, 0.15) is 5.76 Å². The highest BCUT2D eigenvalue weighted by Gasteiger charge is 2.13. The van der Waals surface area contributed by atoms with E-state index in [2.05, 4.69) is 5.10 Å². The van der Waals surface area contributed by atoms with Gasteiger partial charge in [-0.1, -0.05) is 18.2 Å². The van der Waals surface area contributed by atoms with E-state index in [4.69, 9.17) is 4.42 Å². The van der Waals surface area contributed by atoms with Gasteiger partial charge in [-0.15, -0.1) is 0 Å². The quantitative estimate of drug-likeness (QED) is 0.843. The summed E-state index contributed by atoms with van der Waals surface area (Å²) in [7, 11) is 0. The molecule has 0 saturated carbocycles. The topological polar surface area (TPSA) is 48.0 Å². The maximum absolute atomic E-state index is 12.0. The molecule has 4 heteroatoms. The molecular formula is C15H12N2O2. The first-order chi connectivity index (χ1) is 9.33. The van der Waals surface area contributed by atoms with Crippen LogP contribution in [0.3, 0.4) is 0 Å². The van der Waals surface area contributed by atoms with Crippen molar-refractivity contribution in [1.82, 2.24) is 9.78 Å². The molecule has 1 aliphatic carbocycles. The molecule has 2 heterocycles. The van der Waals surface area contributed by atoms with Gasteiger partial charge in [-0.3, -0.25) is 4.79 Å². The Hall–Kier alpha value is -2.62. The summed E-state index contributed by atoms with van der Waals surface area (Å²) in [5, 5.41) is 4.22. The molecule has 0 aromatic carbocycles. The van der Waals surface area contributed by atoms with E-state index in [1.165, 1.54) is 4.68 Å². The fourth-order valence-electron chi connectivity index (χ4n) is 1.85. The largest absolute Gasteiger partial charge is 0.465 e. The number of hydrogen-bond donors (Lipinski definition) is 0. The zero-order valence-corrected chi connectivity index (χ0v) is 10.2. The predicted molar refractivity (Wildman–Crippen MR) is 72.3 cm³/mol. The van der Waals surface area contributed by atoms with Crippen molar-refractivity contribution in [1.29, 1.82) is 0 Å². The van der Waals surface area contributed by atoms with Gasteiger partial charge in [0, 0.05) is 11.8 Å². The summed E-state index contributed by atoms with van der Waals surface area (Å²) >= 11 is 0. The van der Waals surface area contributed by atoms with Gasteiger partial charge in [-0.05, 0) is 36.8 Å². The molecule has 4 nitrogen and oxygen atoms in total. The lowest BCUT2D eigenvalue weighted by Crippen LogP contribution is -2.13. The molecule has 0 atom stereocenters. The molecule has 0 radical (unpaired) electrons. The number of furan rings is 1. The van der Waals surface area contributed by atoms with Crippen LogP contribution in [0.5, 0.6) is 0 Å². The Morgan fingerprint density at radius 1 is 1.37 bits per heavy atom. The van der Waals surface area contributed by atoms with Gasteiger partial charge in [0.15, 0.2) is 0 Å². The van der Waals surface area contributed by atoms with Crippen LogP contribution in [0.15, 0.2) is 58.9 Å². The second-order valence-electron chi connectivity index (χ2n) is 4.16. The Balaban J connectivity index is 1.74. The number of rotatable bonds is 3. The molecule has 0 aliphatic heterocycles. The minimum atomic E-state index is -0.0809. The number of hydrogen-bond acceptors (Lipinski definition) is 3. The van der Waals surface area contributed by atoms with E-state index < -0.39 is 0 Å². The van der Waals surface area contributed by atoms with Crippen LogP contribution in [0.2, 0.25) is 0 Å². The van der Waals surface area contributed by atoms with Crippen molar-refractivity contribution in [3.63, 3.8) is 0 Å². The van der Waals surface area contributed by atoms with Crippen molar-refractivity contribution < 1.29 is 9.21 Å². The van der Waals surface area contributed by atoms with Crippen molar-refractivity contribution in [3.8, 4) is 0 Å². The lowest BCUT2D eigenvalue weighted by Gasteiger charge is -1.99. The predicted octanol–water partition coefficient (Wildman–Crippen LogP) is 3.17. The molecule has 0 amide bonds. The fourth-order valence-corrected chi connectivity index (χ4v) is 1.85. The second-order valence-corrected chi connectivity index (χ2v) is 4.16. The monoisotopic (exact) mass is 252 g/mol. The van der Waals surface area contributed by atoms with Gasteiger partial charge < -0.3 is 4.42 Å². The van der Waals surface area contributed by atoms with Crippen LogP contribution in [-0.4, -0.2) is 15.7 Å². The first-order valence-corrected chi connectivity index (χ1v) is 6.00. The molecule has 0 bridgehead atoms. The summed E-state index contributed by atoms with van der Waals surface area (Å²) < 4.78 is 6.55. The zero-order chi connectivity index (χ0) is 13.1. The second kappa shape index (κ2) is 4.94. The highest BCUT2D eigenvalue weighted by atomic mass is 16.3. The molecule has 94 valence electrons. The van der Waals surface area contributed by atoms with Crippen molar-refractivity contribution in [2.24, 2.45) is 0 Å². The third-order valence-corrected chi connectivity index (χ3v) is 2.83. The summed E-state index contributed by atoms with van der Waals surface area (Å²) in [5.74, 6) is 0.672. The molecule has 0 saturated heterocycles. The maximum Gasteiger partial charge on any atom is 0.274 e. The number of aromatic nitrogens is 2. The lowest BCUT2D eigenvalue weighted by atomic mass is 10.2. The molecule has 3 rings (SSSR count). The normalized spacial score (nSPS) is 14.2. The average molecular weight is 252 g/mol. The van der Waals surface area contributed by atoms with Crippen molar-refractivity contribution in [3.05, 3.63) is 65.9 Å². The molecule has 2 aromatic heterocycles. The van der Waals surface area contributed by atoms with Crippen molar-refractivity contribution in [2.45, 2.75) is 6.42 Å². The Morgan fingerprint density at radius 3 is 3.05 bits per heavy atom. The Morgan fingerprint density at radius 2 is 2.32 bits per heavy atom. The van der Waals surface area contributed by atoms with E-state index >= 15 is 0 Å². The standard InChI is InChI=1S/C15H12N2O2/c18-15(12-4-1-2-5-12)17-10-9-13(16-17)7-8-14-6-3-11-19-14/h1-4,6-11H,5H2/b8-7+. The first kappa shape index (κ1) is 11.5. The van der Waals surface area contributed by atoms with E-state index in [-0.39, 0.29) is 5.91 Å². The molecule has 0 N–H and O–H groups in total. The van der Waals surface area contributed by atoms with Crippen LogP contribution in [-0.2, 0) is 0 Å². The van der Waals surface area contributed by atoms with Gasteiger partial charge in [-0.2, -0.15) is 5.10 Å². The van der Waals surface area contributed by atoms with E-state index in [0.717, 1.165) is 17.0 Å². The van der Waals surface area contributed by atoms with Crippen LogP contribution >= 0.6 is 0 Å². The number of nitrogens with zero attached hydrogens (tertiary/aromatic N) is 2. The van der Waals surface area contributed by atoms with Gasteiger partial charge in [0.2, 0.25) is 0 Å². The summed E-state index contributed by atoms with van der Waals surface area (Å²) in [4.78, 5) is 12.0. The van der Waals surface area contributed by atoms with Crippen LogP contribution in [0.25, 0.3) is 12.2 Å². The Labute approximate surface area is 110 Å². The smallest absolute Gasteiger partial charge is 0.274 e. The van der Waals surface area contributed by atoms with Crippen LogP contribution in [0.1, 0.15) is 22.7 Å². The third-order valence-electron chi connectivity index (χ3n) is 2.83. The Kier molecular flexibility index (Phi) is 2.98.